The summed E-state index contributed by atoms with van der Waals surface area (Å²) in [5.41, 5.74) is 0. The van der Waals surface area contributed by atoms with Crippen LogP contribution in [0, 0.1) is 0 Å². The van der Waals surface area contributed by atoms with Gasteiger partial charge in [0.1, 0.15) is 13.2 Å². The third-order valence-electron chi connectivity index (χ3n) is 1.38. The number of ether oxygens (including phenoxy) is 3. The summed E-state index contributed by atoms with van der Waals surface area (Å²) in [6.07, 6.45) is 0. The molecule has 112 valence electrons. The molecule has 0 saturated heterocycles. The lowest BCUT2D eigenvalue weighted by molar-refractivity contribution is -0.164. The first kappa shape index (κ1) is 18.2. The summed E-state index contributed by atoms with van der Waals surface area (Å²) in [5.74, 6) is -3.88. The molecule has 0 N–H and O–H groups in total. The molecule has 0 bridgehead atoms. The van der Waals surface area contributed by atoms with Crippen LogP contribution in [0.5, 0.6) is 0 Å². The van der Waals surface area contributed by atoms with Gasteiger partial charge in [0, 0.05) is 0 Å². The van der Waals surface area contributed by atoms with Crippen molar-refractivity contribution in [1.29, 1.82) is 0 Å². The van der Waals surface area contributed by atoms with E-state index in [0.29, 0.717) is 0 Å². The minimum Gasteiger partial charge on any atom is -0.458 e. The minimum absolute atomic E-state index is 0.312. The van der Waals surface area contributed by atoms with E-state index in [4.69, 9.17) is 0 Å². The summed E-state index contributed by atoms with van der Waals surface area (Å²) >= 11 is 8.67. The largest absolute Gasteiger partial charge is 0.458 e. The minimum atomic E-state index is -4.12. The fourth-order valence-corrected chi connectivity index (χ4v) is 0.761. The van der Waals surface area contributed by atoms with E-state index < -0.39 is 35.9 Å². The summed E-state index contributed by atoms with van der Waals surface area (Å²) in [6.45, 7) is -1.68. The first-order chi connectivity index (χ1) is 8.55. The number of alkyl halides is 6. The van der Waals surface area contributed by atoms with Crippen molar-refractivity contribution in [3.05, 3.63) is 0 Å². The van der Waals surface area contributed by atoms with Crippen molar-refractivity contribution >= 4 is 35.1 Å². The zero-order chi connectivity index (χ0) is 15.1. The van der Waals surface area contributed by atoms with E-state index >= 15 is 0 Å². The lowest BCUT2D eigenvalue weighted by Crippen LogP contribution is -2.27. The van der Waals surface area contributed by atoms with Crippen molar-refractivity contribution < 1.29 is 41.4 Å². The summed E-state index contributed by atoms with van der Waals surface area (Å²) in [4.78, 5) is 20.9. The van der Waals surface area contributed by atoms with Crippen LogP contribution in [0.25, 0.3) is 0 Å². The molecule has 0 aliphatic heterocycles. The number of carbonyl (C=O) groups is 2. The van der Waals surface area contributed by atoms with Crippen molar-refractivity contribution in [3.63, 3.8) is 0 Å². The van der Waals surface area contributed by atoms with Crippen LogP contribution < -0.4 is 0 Å². The molecule has 19 heavy (non-hydrogen) atoms. The first-order valence-corrected chi connectivity index (χ1v) is 5.36. The maximum absolute atomic E-state index is 12.1. The molecule has 0 saturated carbocycles. The first-order valence-electron chi connectivity index (χ1n) is 4.61. The van der Waals surface area contributed by atoms with E-state index in [1.54, 1.807) is 0 Å². The van der Waals surface area contributed by atoms with Crippen molar-refractivity contribution in [3.8, 4) is 0 Å². The van der Waals surface area contributed by atoms with Gasteiger partial charge in [-0.05, 0) is 23.2 Å². The van der Waals surface area contributed by atoms with E-state index in [2.05, 4.69) is 37.4 Å². The highest BCUT2D eigenvalue weighted by Crippen LogP contribution is 2.20. The quantitative estimate of drug-likeness (QED) is 0.294. The second-order valence-electron chi connectivity index (χ2n) is 2.88. The molecule has 5 nitrogen and oxygen atoms in total. The Morgan fingerprint density at radius 3 is 1.37 bits per heavy atom. The summed E-state index contributed by atoms with van der Waals surface area (Å²) in [5, 5.41) is -8.25. The van der Waals surface area contributed by atoms with Gasteiger partial charge in [0.15, 0.2) is 0 Å². The number of carbonyl (C=O) groups excluding carboxylic acids is 2. The van der Waals surface area contributed by atoms with Gasteiger partial charge in [0.05, 0.1) is 13.2 Å². The standard InChI is InChI=1S/C8H8Cl2F4O5/c9-7(11,12)5(15)18-3-1-17-2-4-19-6(16)8(10,13)14/h1-4H2. The number of hydrogen-bond acceptors (Lipinski definition) is 5. The van der Waals surface area contributed by atoms with Crippen LogP contribution >= 0.6 is 23.2 Å². The Morgan fingerprint density at radius 2 is 1.11 bits per heavy atom. The molecule has 0 atom stereocenters. The highest BCUT2D eigenvalue weighted by atomic mass is 35.5. The maximum atomic E-state index is 12.1. The molecule has 0 aromatic rings. The summed E-state index contributed by atoms with van der Waals surface area (Å²) in [7, 11) is 0. The SMILES string of the molecule is O=C(OCCOCCOC(=O)C(F)(F)Cl)C(F)(F)Cl. The van der Waals surface area contributed by atoms with Crippen LogP contribution in [0.3, 0.4) is 0 Å². The Labute approximate surface area is 114 Å². The zero-order valence-electron chi connectivity index (χ0n) is 9.14. The number of rotatable bonds is 8. The zero-order valence-corrected chi connectivity index (χ0v) is 10.6. The molecule has 0 aliphatic rings. The van der Waals surface area contributed by atoms with E-state index in [1.165, 1.54) is 0 Å². The van der Waals surface area contributed by atoms with Crippen molar-refractivity contribution in [1.82, 2.24) is 0 Å². The molecular formula is C8H8Cl2F4O5. The van der Waals surface area contributed by atoms with E-state index in [1.807, 2.05) is 0 Å². The Kier molecular flexibility index (Phi) is 7.38. The third-order valence-corrected chi connectivity index (χ3v) is 1.69. The van der Waals surface area contributed by atoms with Crippen molar-refractivity contribution in [2.45, 2.75) is 10.8 Å². The fourth-order valence-electron chi connectivity index (χ4n) is 0.652. The highest BCUT2D eigenvalue weighted by Gasteiger charge is 2.38. The van der Waals surface area contributed by atoms with Crippen LogP contribution in [0.2, 0.25) is 0 Å². The normalized spacial score (nSPS) is 12.1. The maximum Gasteiger partial charge on any atom is 0.417 e. The van der Waals surface area contributed by atoms with Crippen LogP contribution in [0.4, 0.5) is 17.6 Å². The molecule has 11 heteroatoms. The summed E-state index contributed by atoms with van der Waals surface area (Å²) in [6, 6.07) is 0. The monoisotopic (exact) mass is 330 g/mol. The highest BCUT2D eigenvalue weighted by molar-refractivity contribution is 6.31. The Balaban J connectivity index is 3.53. The van der Waals surface area contributed by atoms with Gasteiger partial charge in [0.25, 0.3) is 0 Å². The van der Waals surface area contributed by atoms with Gasteiger partial charge < -0.3 is 14.2 Å². The predicted octanol–water partition coefficient (Wildman–Crippen LogP) is 1.75. The second-order valence-corrected chi connectivity index (χ2v) is 3.83. The molecule has 0 radical (unpaired) electrons. The van der Waals surface area contributed by atoms with Gasteiger partial charge in [-0.15, -0.1) is 0 Å². The second kappa shape index (κ2) is 7.71. The van der Waals surface area contributed by atoms with Crippen molar-refractivity contribution in [2.75, 3.05) is 26.4 Å². The van der Waals surface area contributed by atoms with E-state index in [-0.39, 0.29) is 13.2 Å². The molecular weight excluding hydrogens is 323 g/mol. The lowest BCUT2D eigenvalue weighted by Gasteiger charge is -2.10. The molecule has 0 amide bonds. The van der Waals surface area contributed by atoms with Crippen LogP contribution in [0.15, 0.2) is 0 Å². The van der Waals surface area contributed by atoms with Gasteiger partial charge in [0.2, 0.25) is 0 Å². The van der Waals surface area contributed by atoms with Gasteiger partial charge in [-0.25, -0.2) is 9.59 Å². The predicted molar refractivity (Wildman–Crippen MR) is 54.3 cm³/mol. The van der Waals surface area contributed by atoms with E-state index in [9.17, 15) is 27.2 Å². The van der Waals surface area contributed by atoms with Crippen molar-refractivity contribution in [2.24, 2.45) is 0 Å². The fraction of sp³-hybridized carbons (Fsp3) is 0.750. The van der Waals surface area contributed by atoms with Gasteiger partial charge >= 0.3 is 22.7 Å². The average molecular weight is 331 g/mol. The number of halogens is 6. The van der Waals surface area contributed by atoms with Crippen LogP contribution in [0.1, 0.15) is 0 Å². The Bertz CT molecular complexity index is 285. The van der Waals surface area contributed by atoms with Gasteiger partial charge in [-0.1, -0.05) is 0 Å². The van der Waals surface area contributed by atoms with E-state index in [0.717, 1.165) is 0 Å². The molecule has 0 spiro atoms. The van der Waals surface area contributed by atoms with Crippen LogP contribution in [-0.2, 0) is 23.8 Å². The molecule has 0 aliphatic carbocycles. The molecule has 0 rings (SSSR count). The smallest absolute Gasteiger partial charge is 0.417 e. The number of esters is 2. The summed E-state index contributed by atoms with van der Waals surface area (Å²) < 4.78 is 60.8. The average Bonchev–Trinajstić information content (AvgIpc) is 2.24. The number of hydrogen-bond donors (Lipinski definition) is 0. The molecule has 0 heterocycles. The Hall–Kier alpha value is -0.800. The van der Waals surface area contributed by atoms with Gasteiger partial charge in [-0.2, -0.15) is 17.6 Å². The molecule has 0 unspecified atom stereocenters. The van der Waals surface area contributed by atoms with Crippen LogP contribution in [-0.4, -0.2) is 49.1 Å². The van der Waals surface area contributed by atoms with Gasteiger partial charge in [-0.3, -0.25) is 0 Å². The lowest BCUT2D eigenvalue weighted by atomic mass is 10.6. The molecule has 0 fully saturated rings. The molecule has 0 aromatic carbocycles. The molecule has 0 aromatic heterocycles. The topological polar surface area (TPSA) is 61.8 Å². The third kappa shape index (κ3) is 8.84. The Morgan fingerprint density at radius 1 is 0.789 bits per heavy atom.